The molecule has 0 radical (unpaired) electrons. The fourth-order valence-electron chi connectivity index (χ4n) is 3.56. The Labute approximate surface area is 198 Å². The van der Waals surface area contributed by atoms with Gasteiger partial charge in [0.05, 0.1) is 32.0 Å². The van der Waals surface area contributed by atoms with Crippen molar-refractivity contribution in [1.29, 1.82) is 0 Å². The van der Waals surface area contributed by atoms with Gasteiger partial charge in [0.1, 0.15) is 5.01 Å². The summed E-state index contributed by atoms with van der Waals surface area (Å²) in [6.07, 6.45) is 2.11. The molecule has 1 amide bonds. The maximum Gasteiger partial charge on any atom is 0.232 e. The normalized spacial score (nSPS) is 11.0. The van der Waals surface area contributed by atoms with E-state index in [4.69, 9.17) is 9.47 Å². The van der Waals surface area contributed by atoms with Crippen molar-refractivity contribution in [3.05, 3.63) is 65.1 Å². The lowest BCUT2D eigenvalue weighted by Crippen LogP contribution is -2.14. The van der Waals surface area contributed by atoms with E-state index < -0.39 is 0 Å². The van der Waals surface area contributed by atoms with E-state index in [-0.39, 0.29) is 12.3 Å². The summed E-state index contributed by atoms with van der Waals surface area (Å²) >= 11 is 2.89. The summed E-state index contributed by atoms with van der Waals surface area (Å²) in [4.78, 5) is 25.1. The van der Waals surface area contributed by atoms with Gasteiger partial charge in [-0.15, -0.1) is 22.7 Å². The first-order chi connectivity index (χ1) is 16.1. The number of aromatic amines is 1. The highest BCUT2D eigenvalue weighted by atomic mass is 32.1. The molecule has 2 N–H and O–H groups in total. The number of aromatic nitrogens is 3. The SMILES string of the molecule is COc1ccc(-c2nc(CC(=O)Nc3nc(-c4c[nH]c5ccccc45)cs3)cs2)cc1OC. The number of nitrogens with one attached hydrogen (secondary N) is 2. The first kappa shape index (κ1) is 21.2. The van der Waals surface area contributed by atoms with Crippen LogP contribution in [0.3, 0.4) is 0 Å². The molecule has 0 aliphatic rings. The van der Waals surface area contributed by atoms with Crippen molar-refractivity contribution < 1.29 is 14.3 Å². The molecule has 7 nitrogen and oxygen atoms in total. The van der Waals surface area contributed by atoms with Crippen LogP contribution in [0.1, 0.15) is 5.69 Å². The molecule has 2 aromatic carbocycles. The Hall–Kier alpha value is -3.69. The number of carbonyl (C=O) groups excluding carboxylic acids is 1. The van der Waals surface area contributed by atoms with E-state index >= 15 is 0 Å². The van der Waals surface area contributed by atoms with Crippen molar-refractivity contribution in [1.82, 2.24) is 15.0 Å². The third-order valence-corrected chi connectivity index (χ3v) is 6.84. The van der Waals surface area contributed by atoms with Gasteiger partial charge in [-0.05, 0) is 24.3 Å². The predicted molar refractivity (Wildman–Crippen MR) is 132 cm³/mol. The number of benzene rings is 2. The van der Waals surface area contributed by atoms with Gasteiger partial charge in [-0.1, -0.05) is 18.2 Å². The van der Waals surface area contributed by atoms with Crippen LogP contribution in [-0.4, -0.2) is 35.1 Å². The Morgan fingerprint density at radius 3 is 2.73 bits per heavy atom. The number of hydrogen-bond donors (Lipinski definition) is 2. The molecule has 5 aromatic rings. The number of nitrogens with zero attached hydrogens (tertiary/aromatic N) is 2. The molecule has 166 valence electrons. The average Bonchev–Trinajstić information content (AvgIpc) is 3.58. The van der Waals surface area contributed by atoms with Crippen molar-refractivity contribution in [2.24, 2.45) is 0 Å². The Morgan fingerprint density at radius 2 is 1.88 bits per heavy atom. The molecule has 3 heterocycles. The van der Waals surface area contributed by atoms with Crippen LogP contribution < -0.4 is 14.8 Å². The number of thiazole rings is 2. The minimum Gasteiger partial charge on any atom is -0.493 e. The second-order valence-corrected chi connectivity index (χ2v) is 8.94. The van der Waals surface area contributed by atoms with Crippen molar-refractivity contribution in [2.45, 2.75) is 6.42 Å². The molecule has 33 heavy (non-hydrogen) atoms. The lowest BCUT2D eigenvalue weighted by atomic mass is 10.1. The minimum absolute atomic E-state index is 0.154. The number of para-hydroxylation sites is 1. The zero-order valence-electron chi connectivity index (χ0n) is 17.9. The van der Waals surface area contributed by atoms with Crippen LogP contribution in [0, 0.1) is 0 Å². The highest BCUT2D eigenvalue weighted by Gasteiger charge is 2.14. The lowest BCUT2D eigenvalue weighted by Gasteiger charge is -2.08. The number of H-pyrrole nitrogens is 1. The van der Waals surface area contributed by atoms with Crippen LogP contribution in [0.5, 0.6) is 11.5 Å². The second-order valence-electron chi connectivity index (χ2n) is 7.22. The van der Waals surface area contributed by atoms with E-state index in [9.17, 15) is 4.79 Å². The molecule has 3 aromatic heterocycles. The lowest BCUT2D eigenvalue weighted by molar-refractivity contribution is -0.115. The molecule has 0 spiro atoms. The Bertz CT molecular complexity index is 1440. The summed E-state index contributed by atoms with van der Waals surface area (Å²) in [6, 6.07) is 13.7. The topological polar surface area (TPSA) is 89.1 Å². The maximum absolute atomic E-state index is 12.6. The summed E-state index contributed by atoms with van der Waals surface area (Å²) in [5.41, 5.74) is 4.52. The number of rotatable bonds is 7. The monoisotopic (exact) mass is 476 g/mol. The molecule has 0 saturated carbocycles. The van der Waals surface area contributed by atoms with Gasteiger partial charge in [-0.2, -0.15) is 0 Å². The highest BCUT2D eigenvalue weighted by molar-refractivity contribution is 7.14. The molecule has 0 bridgehead atoms. The fourth-order valence-corrected chi connectivity index (χ4v) is 5.10. The zero-order valence-corrected chi connectivity index (χ0v) is 19.5. The fraction of sp³-hybridized carbons (Fsp3) is 0.125. The van der Waals surface area contributed by atoms with Crippen molar-refractivity contribution in [3.63, 3.8) is 0 Å². The van der Waals surface area contributed by atoms with Crippen LogP contribution in [0.25, 0.3) is 32.7 Å². The molecule has 0 aliphatic carbocycles. The van der Waals surface area contributed by atoms with Gasteiger partial charge < -0.3 is 19.8 Å². The Balaban J connectivity index is 1.27. The molecule has 5 rings (SSSR count). The molecule has 0 atom stereocenters. The standard InChI is InChI=1S/C24H20N4O3S2/c1-30-20-8-7-14(9-21(20)31-2)23-26-15(12-32-23)10-22(29)28-24-27-19(13-33-24)17-11-25-18-6-4-3-5-16(17)18/h3-9,11-13,25H,10H2,1-2H3,(H,27,28,29). The zero-order chi connectivity index (χ0) is 22.8. The summed E-state index contributed by atoms with van der Waals surface area (Å²) < 4.78 is 10.7. The molecule has 0 saturated heterocycles. The number of fused-ring (bicyclic) bond motifs is 1. The maximum atomic E-state index is 12.6. The largest absolute Gasteiger partial charge is 0.493 e. The highest BCUT2D eigenvalue weighted by Crippen LogP contribution is 2.34. The van der Waals surface area contributed by atoms with Crippen molar-refractivity contribution in [2.75, 3.05) is 19.5 Å². The number of ether oxygens (including phenoxy) is 2. The molecule has 0 unspecified atom stereocenters. The third-order valence-electron chi connectivity index (χ3n) is 5.14. The van der Waals surface area contributed by atoms with Crippen LogP contribution in [0.2, 0.25) is 0 Å². The van der Waals surface area contributed by atoms with Gasteiger partial charge in [-0.3, -0.25) is 4.79 Å². The quantitative estimate of drug-likeness (QED) is 0.319. The first-order valence-corrected chi connectivity index (χ1v) is 11.9. The summed E-state index contributed by atoms with van der Waals surface area (Å²) in [5.74, 6) is 1.14. The third kappa shape index (κ3) is 4.33. The van der Waals surface area contributed by atoms with E-state index in [2.05, 4.69) is 26.3 Å². The summed E-state index contributed by atoms with van der Waals surface area (Å²) in [7, 11) is 3.20. The summed E-state index contributed by atoms with van der Waals surface area (Å²) in [5, 5.41) is 9.21. The van der Waals surface area contributed by atoms with E-state index in [1.54, 1.807) is 14.2 Å². The van der Waals surface area contributed by atoms with E-state index in [0.29, 0.717) is 22.3 Å². The number of amides is 1. The van der Waals surface area contributed by atoms with Gasteiger partial charge in [0.2, 0.25) is 5.91 Å². The second kappa shape index (κ2) is 9.05. The van der Waals surface area contributed by atoms with Gasteiger partial charge in [0, 0.05) is 39.0 Å². The van der Waals surface area contributed by atoms with Crippen LogP contribution in [0.15, 0.2) is 59.4 Å². The smallest absolute Gasteiger partial charge is 0.232 e. The van der Waals surface area contributed by atoms with E-state index in [0.717, 1.165) is 32.7 Å². The Morgan fingerprint density at radius 1 is 1.03 bits per heavy atom. The molecule has 0 fully saturated rings. The average molecular weight is 477 g/mol. The predicted octanol–water partition coefficient (Wildman–Crippen LogP) is 5.61. The number of anilines is 1. The van der Waals surface area contributed by atoms with Crippen LogP contribution in [-0.2, 0) is 11.2 Å². The molecule has 0 aliphatic heterocycles. The Kier molecular flexibility index (Phi) is 5.80. The van der Waals surface area contributed by atoms with Crippen molar-refractivity contribution in [3.8, 4) is 33.3 Å². The minimum atomic E-state index is -0.154. The van der Waals surface area contributed by atoms with Gasteiger partial charge in [0.15, 0.2) is 16.6 Å². The van der Waals surface area contributed by atoms with Crippen LogP contribution in [0.4, 0.5) is 5.13 Å². The number of carbonyl (C=O) groups is 1. The van der Waals surface area contributed by atoms with E-state index in [1.165, 1.54) is 22.7 Å². The van der Waals surface area contributed by atoms with Gasteiger partial charge >= 0.3 is 0 Å². The van der Waals surface area contributed by atoms with Crippen molar-refractivity contribution >= 4 is 44.6 Å². The molecular weight excluding hydrogens is 456 g/mol. The number of hydrogen-bond acceptors (Lipinski definition) is 7. The van der Waals surface area contributed by atoms with E-state index in [1.807, 2.05) is 53.4 Å². The summed E-state index contributed by atoms with van der Waals surface area (Å²) in [6.45, 7) is 0. The van der Waals surface area contributed by atoms with Gasteiger partial charge in [-0.25, -0.2) is 9.97 Å². The van der Waals surface area contributed by atoms with Crippen LogP contribution >= 0.6 is 22.7 Å². The first-order valence-electron chi connectivity index (χ1n) is 10.1. The molecule has 9 heteroatoms. The van der Waals surface area contributed by atoms with Gasteiger partial charge in [0.25, 0.3) is 0 Å². The molecular formula is C24H20N4O3S2. The number of methoxy groups -OCH3 is 2.